The molecular weight excluding hydrogens is 798 g/mol. The van der Waals surface area contributed by atoms with Crippen LogP contribution >= 0.6 is 0 Å². The van der Waals surface area contributed by atoms with Gasteiger partial charge in [0.05, 0.1) is 52.3 Å². The maximum absolute atomic E-state index is 13.0. The normalized spacial score (nSPS) is 20.1. The van der Waals surface area contributed by atoms with Crippen molar-refractivity contribution in [3.63, 3.8) is 0 Å². The van der Waals surface area contributed by atoms with Gasteiger partial charge in [0.25, 0.3) is 5.69 Å². The molecule has 1 saturated heterocycles. The number of hydrogen-bond acceptors (Lipinski definition) is 15. The Morgan fingerprint density at radius 2 is 1.26 bits per heavy atom. The maximum Gasteiger partial charge on any atom is 0.306 e. The van der Waals surface area contributed by atoms with Crippen LogP contribution in [0.1, 0.15) is 148 Å². The Morgan fingerprint density at radius 3 is 1.77 bits per heavy atom. The molecule has 1 aliphatic rings. The molecule has 7 unspecified atom stereocenters. The smallest absolute Gasteiger partial charge is 0.306 e. The lowest BCUT2D eigenvalue weighted by atomic mass is 9.99. The molecule has 1 aromatic carbocycles. The fraction of sp³-hybridized carbons (Fsp3) is 0.786. The number of aliphatic hydroxyl groups is 5. The standard InChI is InChI=1S/C42H71N5O14/c1-2-3-4-5-6-7-8-9-10-12-15-18-21-24-35(49)32(30-60-42-41(53)40(52)39(51)36(29-48)61-42)44-37(50)25-22-19-16-13-11-14-17-20-23-26-43-38-33(46(56)57)27-31(45(54)55)28-34(38)47(58)59/h21,24,27-28,32,35-36,39-43,48-49,51-53H,2-20,22-23,25-26,29-30H2,1H3,(H,44,50)/b24-21+. The Bertz CT molecular complexity index is 1430. The van der Waals surface area contributed by atoms with E-state index in [9.17, 15) is 60.7 Å². The molecule has 7 N–H and O–H groups in total. The topological polar surface area (TPSA) is 290 Å². The zero-order chi connectivity index (χ0) is 45.0. The van der Waals surface area contributed by atoms with Gasteiger partial charge in [0.2, 0.25) is 5.91 Å². The summed E-state index contributed by atoms with van der Waals surface area (Å²) in [6.07, 6.45) is 16.9. The number of carbonyl (C=O) groups excluding carboxylic acids is 1. The molecule has 0 radical (unpaired) electrons. The second-order valence-corrected chi connectivity index (χ2v) is 15.9. The number of nitrogens with one attached hydrogen (secondary N) is 2. The summed E-state index contributed by atoms with van der Waals surface area (Å²) in [6, 6.07) is 0.506. The van der Waals surface area contributed by atoms with Crippen molar-refractivity contribution < 1.29 is 54.6 Å². The van der Waals surface area contributed by atoms with Crippen LogP contribution in [0.3, 0.4) is 0 Å². The summed E-state index contributed by atoms with van der Waals surface area (Å²) in [6.45, 7) is 1.55. The van der Waals surface area contributed by atoms with Crippen LogP contribution < -0.4 is 10.6 Å². The van der Waals surface area contributed by atoms with Crippen LogP contribution in [-0.4, -0.2) is 109 Å². The number of rotatable bonds is 35. The molecule has 1 aromatic rings. The fourth-order valence-corrected chi connectivity index (χ4v) is 7.24. The van der Waals surface area contributed by atoms with Gasteiger partial charge in [-0.05, 0) is 25.7 Å². The van der Waals surface area contributed by atoms with Crippen LogP contribution in [0.2, 0.25) is 0 Å². The van der Waals surface area contributed by atoms with Crippen LogP contribution in [0.15, 0.2) is 24.3 Å². The maximum atomic E-state index is 13.0. The SMILES string of the molecule is CCCCCCCCCCCCC/C=C/C(O)C(COC1OC(CO)C(O)C(O)C1O)NC(=O)CCCCCCCCCCCNc1c([N+](=O)[O-])cc([N+](=O)[O-])cc1[N+](=O)[O-]. The van der Waals surface area contributed by atoms with E-state index >= 15 is 0 Å². The van der Waals surface area contributed by atoms with Crippen molar-refractivity contribution in [2.45, 2.75) is 191 Å². The summed E-state index contributed by atoms with van der Waals surface area (Å²) in [5.41, 5.74) is -2.55. The van der Waals surface area contributed by atoms with Gasteiger partial charge >= 0.3 is 11.4 Å². The molecule has 7 atom stereocenters. The predicted molar refractivity (Wildman–Crippen MR) is 229 cm³/mol. The molecule has 19 nitrogen and oxygen atoms in total. The van der Waals surface area contributed by atoms with E-state index in [4.69, 9.17) is 9.47 Å². The monoisotopic (exact) mass is 869 g/mol. The van der Waals surface area contributed by atoms with Gasteiger partial charge in [-0.1, -0.05) is 128 Å². The van der Waals surface area contributed by atoms with E-state index in [1.807, 2.05) is 6.08 Å². The molecule has 0 spiro atoms. The van der Waals surface area contributed by atoms with E-state index < -0.39 is 81.3 Å². The number of amides is 1. The van der Waals surface area contributed by atoms with Gasteiger partial charge in [-0.3, -0.25) is 35.1 Å². The number of nitro benzene ring substituents is 3. The first kappa shape index (κ1) is 53.3. The van der Waals surface area contributed by atoms with E-state index in [1.165, 1.54) is 57.8 Å². The lowest BCUT2D eigenvalue weighted by Crippen LogP contribution is -2.60. The third-order valence-electron chi connectivity index (χ3n) is 10.9. The highest BCUT2D eigenvalue weighted by atomic mass is 16.7. The van der Waals surface area contributed by atoms with Gasteiger partial charge in [-0.25, -0.2) is 0 Å². The van der Waals surface area contributed by atoms with Crippen molar-refractivity contribution in [1.82, 2.24) is 5.32 Å². The number of non-ortho nitro benzene ring substituents is 1. The zero-order valence-corrected chi connectivity index (χ0v) is 35.8. The molecule has 2 rings (SSSR count). The van der Waals surface area contributed by atoms with Crippen LogP contribution in [-0.2, 0) is 14.3 Å². The number of ether oxygens (including phenoxy) is 2. The highest BCUT2D eigenvalue weighted by molar-refractivity contribution is 5.77. The summed E-state index contributed by atoms with van der Waals surface area (Å²) in [7, 11) is 0. The largest absolute Gasteiger partial charge is 0.394 e. The second-order valence-electron chi connectivity index (χ2n) is 15.9. The minimum absolute atomic E-state index is 0.212. The quantitative estimate of drug-likeness (QED) is 0.0163. The molecule has 1 heterocycles. The van der Waals surface area contributed by atoms with E-state index in [1.54, 1.807) is 6.08 Å². The van der Waals surface area contributed by atoms with Gasteiger partial charge in [0, 0.05) is 13.0 Å². The lowest BCUT2D eigenvalue weighted by molar-refractivity contribution is -0.401. The molecule has 0 saturated carbocycles. The van der Waals surface area contributed by atoms with Crippen LogP contribution in [0, 0.1) is 30.3 Å². The Kier molecular flexibility index (Phi) is 27.1. The molecule has 61 heavy (non-hydrogen) atoms. The number of nitro groups is 3. The number of nitrogens with zero attached hydrogens (tertiary/aromatic N) is 3. The minimum atomic E-state index is -1.63. The molecule has 1 amide bonds. The number of hydrogen-bond donors (Lipinski definition) is 7. The first-order valence-electron chi connectivity index (χ1n) is 22.2. The highest BCUT2D eigenvalue weighted by Crippen LogP contribution is 2.38. The van der Waals surface area contributed by atoms with Gasteiger partial charge < -0.3 is 45.6 Å². The lowest BCUT2D eigenvalue weighted by Gasteiger charge is -2.40. The van der Waals surface area contributed by atoms with Crippen molar-refractivity contribution in [3.05, 3.63) is 54.6 Å². The number of benzene rings is 1. The van der Waals surface area contributed by atoms with Crippen molar-refractivity contribution >= 4 is 28.7 Å². The van der Waals surface area contributed by atoms with Gasteiger partial charge in [-0.2, -0.15) is 0 Å². The Balaban J connectivity index is 1.72. The molecule has 0 aliphatic carbocycles. The molecule has 0 bridgehead atoms. The van der Waals surface area contributed by atoms with E-state index in [-0.39, 0.29) is 31.2 Å². The first-order chi connectivity index (χ1) is 29.3. The predicted octanol–water partition coefficient (Wildman–Crippen LogP) is 6.64. The van der Waals surface area contributed by atoms with E-state index in [0.29, 0.717) is 25.0 Å². The fourth-order valence-electron chi connectivity index (χ4n) is 7.24. The van der Waals surface area contributed by atoms with E-state index in [2.05, 4.69) is 17.6 Å². The highest BCUT2D eigenvalue weighted by Gasteiger charge is 2.44. The van der Waals surface area contributed by atoms with Crippen molar-refractivity contribution in [2.75, 3.05) is 25.1 Å². The van der Waals surface area contributed by atoms with Crippen LogP contribution in [0.25, 0.3) is 0 Å². The number of carbonyl (C=O) groups is 1. The summed E-state index contributed by atoms with van der Waals surface area (Å²) >= 11 is 0. The van der Waals surface area contributed by atoms with Crippen LogP contribution in [0.5, 0.6) is 0 Å². The number of aliphatic hydroxyl groups excluding tert-OH is 5. The third-order valence-corrected chi connectivity index (χ3v) is 10.9. The zero-order valence-electron chi connectivity index (χ0n) is 35.8. The molecule has 348 valence electrons. The van der Waals surface area contributed by atoms with Crippen LogP contribution in [0.4, 0.5) is 22.7 Å². The molecule has 0 aromatic heterocycles. The van der Waals surface area contributed by atoms with Gasteiger partial charge in [0.15, 0.2) is 12.0 Å². The average molecular weight is 870 g/mol. The summed E-state index contributed by atoms with van der Waals surface area (Å²) in [5, 5.41) is 90.7. The summed E-state index contributed by atoms with van der Waals surface area (Å²) in [4.78, 5) is 44.2. The molecular formula is C42H71N5O14. The summed E-state index contributed by atoms with van der Waals surface area (Å²) < 4.78 is 11.1. The number of anilines is 1. The Morgan fingerprint density at radius 1 is 0.754 bits per heavy atom. The average Bonchev–Trinajstić information content (AvgIpc) is 3.23. The van der Waals surface area contributed by atoms with Gasteiger partial charge in [-0.15, -0.1) is 0 Å². The Hall–Kier alpha value is -3.85. The van der Waals surface area contributed by atoms with E-state index in [0.717, 1.165) is 64.2 Å². The van der Waals surface area contributed by atoms with Gasteiger partial charge in [0.1, 0.15) is 24.4 Å². The molecule has 1 aliphatic heterocycles. The van der Waals surface area contributed by atoms with Crippen molar-refractivity contribution in [1.29, 1.82) is 0 Å². The van der Waals surface area contributed by atoms with Crippen molar-refractivity contribution in [3.8, 4) is 0 Å². The minimum Gasteiger partial charge on any atom is -0.394 e. The van der Waals surface area contributed by atoms with Crippen molar-refractivity contribution in [2.24, 2.45) is 0 Å². The molecule has 1 fully saturated rings. The third kappa shape index (κ3) is 20.7. The summed E-state index contributed by atoms with van der Waals surface area (Å²) in [5.74, 6) is -0.293. The number of unbranched alkanes of at least 4 members (excludes halogenated alkanes) is 19. The first-order valence-corrected chi connectivity index (χ1v) is 22.2. The number of allylic oxidation sites excluding steroid dienone is 1. The Labute approximate surface area is 358 Å². The second kappa shape index (κ2) is 31.1. The molecule has 19 heteroatoms.